The molecule has 21 heavy (non-hydrogen) atoms. The molecule has 1 aliphatic rings. The highest BCUT2D eigenvalue weighted by molar-refractivity contribution is 5.33. The van der Waals surface area contributed by atoms with Crippen LogP contribution in [0.25, 0.3) is 0 Å². The molecule has 0 atom stereocenters. The first-order valence-electron chi connectivity index (χ1n) is 7.85. The van der Waals surface area contributed by atoms with Gasteiger partial charge in [-0.3, -0.25) is 0 Å². The van der Waals surface area contributed by atoms with Crippen LogP contribution < -0.4 is 4.74 Å². The summed E-state index contributed by atoms with van der Waals surface area (Å²) in [4.78, 5) is 0. The van der Waals surface area contributed by atoms with Crippen molar-refractivity contribution in [2.24, 2.45) is 5.92 Å². The van der Waals surface area contributed by atoms with E-state index in [1.165, 1.54) is 19.6 Å². The van der Waals surface area contributed by atoms with E-state index in [1.54, 1.807) is 6.07 Å². The highest BCUT2D eigenvalue weighted by atomic mass is 19.2. The molecule has 0 N–H and O–H groups in total. The van der Waals surface area contributed by atoms with Gasteiger partial charge in [0.1, 0.15) is 0 Å². The van der Waals surface area contributed by atoms with Crippen molar-refractivity contribution in [2.75, 3.05) is 7.11 Å². The second-order valence-corrected chi connectivity index (χ2v) is 5.81. The van der Waals surface area contributed by atoms with E-state index in [2.05, 4.69) is 19.1 Å². The summed E-state index contributed by atoms with van der Waals surface area (Å²) in [7, 11) is 1.35. The zero-order valence-electron chi connectivity index (χ0n) is 12.9. The number of unbranched alkanes of at least 4 members (excludes halogenated alkanes) is 1. The zero-order chi connectivity index (χ0) is 15.2. The van der Waals surface area contributed by atoms with Gasteiger partial charge in [-0.2, -0.15) is 4.39 Å². The number of rotatable bonds is 5. The van der Waals surface area contributed by atoms with Crippen LogP contribution >= 0.6 is 0 Å². The first-order chi connectivity index (χ1) is 10.2. The van der Waals surface area contributed by atoms with Crippen molar-refractivity contribution in [3.8, 4) is 5.75 Å². The van der Waals surface area contributed by atoms with E-state index in [0.717, 1.165) is 32.1 Å². The number of hydrogen-bond acceptors (Lipinski definition) is 1. The van der Waals surface area contributed by atoms with Gasteiger partial charge in [-0.15, -0.1) is 0 Å². The molecule has 0 radical (unpaired) electrons. The average Bonchev–Trinajstić information content (AvgIpc) is 2.51. The van der Waals surface area contributed by atoms with Crippen LogP contribution in [0.1, 0.15) is 56.9 Å². The summed E-state index contributed by atoms with van der Waals surface area (Å²) in [6.07, 6.45) is 10.8. The number of hydrogen-bond donors (Lipinski definition) is 0. The van der Waals surface area contributed by atoms with Crippen molar-refractivity contribution in [3.05, 3.63) is 41.5 Å². The van der Waals surface area contributed by atoms with Gasteiger partial charge in [-0.25, -0.2) is 4.39 Å². The Hall–Kier alpha value is -1.38. The van der Waals surface area contributed by atoms with Crippen molar-refractivity contribution in [2.45, 2.75) is 51.4 Å². The molecule has 0 aromatic heterocycles. The Morgan fingerprint density at radius 1 is 1.14 bits per heavy atom. The molecular weight excluding hydrogens is 270 g/mol. The highest BCUT2D eigenvalue weighted by Crippen LogP contribution is 2.38. The molecule has 1 aromatic rings. The van der Waals surface area contributed by atoms with Crippen LogP contribution in [0.3, 0.4) is 0 Å². The molecule has 0 bridgehead atoms. The van der Waals surface area contributed by atoms with E-state index >= 15 is 0 Å². The first kappa shape index (κ1) is 16.0. The van der Waals surface area contributed by atoms with Crippen molar-refractivity contribution >= 4 is 0 Å². The molecule has 0 aliphatic heterocycles. The van der Waals surface area contributed by atoms with Gasteiger partial charge in [0.2, 0.25) is 5.82 Å². The highest BCUT2D eigenvalue weighted by Gasteiger charge is 2.25. The summed E-state index contributed by atoms with van der Waals surface area (Å²) in [5.74, 6) is -0.896. The van der Waals surface area contributed by atoms with Crippen LogP contribution in [0.15, 0.2) is 24.3 Å². The lowest BCUT2D eigenvalue weighted by molar-refractivity contribution is 0.349. The standard InChI is InChI=1S/C18H24F2O/c1-3-4-5-6-13-7-9-14(10-8-13)15-11-12-16(21-2)18(20)17(15)19/h5-6,11-14H,3-4,7-10H2,1-2H3/b6-5+. The van der Waals surface area contributed by atoms with Crippen LogP contribution in [0.5, 0.6) is 5.75 Å². The molecule has 0 amide bonds. The summed E-state index contributed by atoms with van der Waals surface area (Å²) in [5.41, 5.74) is 0.504. The van der Waals surface area contributed by atoms with E-state index in [0.29, 0.717) is 11.5 Å². The second kappa shape index (κ2) is 7.58. The number of allylic oxidation sites excluding steroid dienone is 2. The number of halogens is 2. The van der Waals surface area contributed by atoms with Gasteiger partial charge in [0.25, 0.3) is 0 Å². The van der Waals surface area contributed by atoms with Crippen molar-refractivity contribution in [3.63, 3.8) is 0 Å². The van der Waals surface area contributed by atoms with Crippen LogP contribution in [0.2, 0.25) is 0 Å². The van der Waals surface area contributed by atoms with Crippen molar-refractivity contribution < 1.29 is 13.5 Å². The fourth-order valence-electron chi connectivity index (χ4n) is 3.10. The third-order valence-electron chi connectivity index (χ3n) is 4.37. The maximum atomic E-state index is 14.1. The fraction of sp³-hybridized carbons (Fsp3) is 0.556. The summed E-state index contributed by atoms with van der Waals surface area (Å²) in [5, 5.41) is 0. The minimum Gasteiger partial charge on any atom is -0.494 e. The predicted octanol–water partition coefficient (Wildman–Crippen LogP) is 5.60. The molecule has 0 heterocycles. The van der Waals surface area contributed by atoms with Gasteiger partial charge < -0.3 is 4.74 Å². The van der Waals surface area contributed by atoms with E-state index in [1.807, 2.05) is 0 Å². The molecular formula is C18H24F2O. The lowest BCUT2D eigenvalue weighted by Crippen LogP contribution is -2.13. The summed E-state index contributed by atoms with van der Waals surface area (Å²) in [6.45, 7) is 2.17. The molecule has 1 aliphatic carbocycles. The molecule has 0 saturated heterocycles. The Bertz CT molecular complexity index is 488. The smallest absolute Gasteiger partial charge is 0.200 e. The van der Waals surface area contributed by atoms with Gasteiger partial charge in [0.15, 0.2) is 11.6 Å². The SMILES string of the molecule is CCC/C=C/C1CCC(c2ccc(OC)c(F)c2F)CC1. The Labute approximate surface area is 126 Å². The third-order valence-corrected chi connectivity index (χ3v) is 4.37. The van der Waals surface area contributed by atoms with Crippen LogP contribution in [-0.4, -0.2) is 7.11 Å². The third kappa shape index (κ3) is 3.84. The normalized spacial score (nSPS) is 22.7. The fourth-order valence-corrected chi connectivity index (χ4v) is 3.10. The molecule has 1 fully saturated rings. The van der Waals surface area contributed by atoms with Gasteiger partial charge in [-0.05, 0) is 55.6 Å². The minimum atomic E-state index is -0.861. The van der Waals surface area contributed by atoms with E-state index in [4.69, 9.17) is 4.74 Å². The van der Waals surface area contributed by atoms with Crippen LogP contribution in [0, 0.1) is 17.6 Å². The molecule has 0 spiro atoms. The second-order valence-electron chi connectivity index (χ2n) is 5.81. The molecule has 1 nitrogen and oxygen atoms in total. The Morgan fingerprint density at radius 3 is 2.48 bits per heavy atom. The van der Waals surface area contributed by atoms with Gasteiger partial charge in [0.05, 0.1) is 7.11 Å². The maximum absolute atomic E-state index is 14.1. The van der Waals surface area contributed by atoms with E-state index < -0.39 is 11.6 Å². The molecule has 2 rings (SSSR count). The quantitative estimate of drug-likeness (QED) is 0.642. The molecule has 0 unspecified atom stereocenters. The Kier molecular flexibility index (Phi) is 5.77. The Balaban J connectivity index is 2.01. The molecule has 3 heteroatoms. The topological polar surface area (TPSA) is 9.23 Å². The number of benzene rings is 1. The summed E-state index contributed by atoms with van der Waals surface area (Å²) >= 11 is 0. The van der Waals surface area contributed by atoms with Gasteiger partial charge in [-0.1, -0.05) is 31.6 Å². The van der Waals surface area contributed by atoms with Crippen molar-refractivity contribution in [1.82, 2.24) is 0 Å². The van der Waals surface area contributed by atoms with Crippen LogP contribution in [0.4, 0.5) is 8.78 Å². The van der Waals surface area contributed by atoms with E-state index in [9.17, 15) is 8.78 Å². The van der Waals surface area contributed by atoms with Crippen LogP contribution in [-0.2, 0) is 0 Å². The molecule has 1 saturated carbocycles. The lowest BCUT2D eigenvalue weighted by atomic mass is 9.78. The number of methoxy groups -OCH3 is 1. The zero-order valence-corrected chi connectivity index (χ0v) is 12.9. The molecule has 1 aromatic carbocycles. The number of ether oxygens (including phenoxy) is 1. The van der Waals surface area contributed by atoms with E-state index in [-0.39, 0.29) is 11.7 Å². The lowest BCUT2D eigenvalue weighted by Gasteiger charge is -2.27. The Morgan fingerprint density at radius 2 is 1.86 bits per heavy atom. The van der Waals surface area contributed by atoms with Crippen molar-refractivity contribution in [1.29, 1.82) is 0 Å². The molecule has 116 valence electrons. The summed E-state index contributed by atoms with van der Waals surface area (Å²) < 4.78 is 32.7. The van der Waals surface area contributed by atoms with Gasteiger partial charge >= 0.3 is 0 Å². The maximum Gasteiger partial charge on any atom is 0.200 e. The summed E-state index contributed by atoms with van der Waals surface area (Å²) in [6, 6.07) is 3.20. The first-order valence-corrected chi connectivity index (χ1v) is 7.85. The van der Waals surface area contributed by atoms with Gasteiger partial charge in [0, 0.05) is 0 Å². The predicted molar refractivity (Wildman–Crippen MR) is 81.7 cm³/mol. The average molecular weight is 294 g/mol. The monoisotopic (exact) mass is 294 g/mol. The largest absolute Gasteiger partial charge is 0.494 e. The minimum absolute atomic E-state index is 0.0209.